The van der Waals surface area contributed by atoms with Gasteiger partial charge >= 0.3 is 6.36 Å². The molecule has 21 heavy (non-hydrogen) atoms. The van der Waals surface area contributed by atoms with Crippen LogP contribution in [-0.4, -0.2) is 11.3 Å². The fourth-order valence-corrected chi connectivity index (χ4v) is 2.06. The molecule has 0 spiro atoms. The van der Waals surface area contributed by atoms with Gasteiger partial charge in [0.15, 0.2) is 0 Å². The number of nitrogens with zero attached hydrogens (tertiary/aromatic N) is 1. The molecule has 2 nitrogen and oxygen atoms in total. The molecule has 0 saturated carbocycles. The highest BCUT2D eigenvalue weighted by Crippen LogP contribution is 2.24. The van der Waals surface area contributed by atoms with Gasteiger partial charge in [0.2, 0.25) is 0 Å². The van der Waals surface area contributed by atoms with E-state index in [1.54, 1.807) is 18.3 Å². The molecule has 6 heteroatoms. The second-order valence-corrected chi connectivity index (χ2v) is 4.87. The number of halogens is 4. The van der Waals surface area contributed by atoms with Crippen molar-refractivity contribution in [2.24, 2.45) is 0 Å². The Kier molecular flexibility index (Phi) is 4.73. The van der Waals surface area contributed by atoms with Gasteiger partial charge < -0.3 is 4.74 Å². The smallest absolute Gasteiger partial charge is 0.406 e. The Bertz CT molecular complexity index is 611. The third-order valence-electron chi connectivity index (χ3n) is 2.93. The highest BCUT2D eigenvalue weighted by atomic mass is 35.5. The van der Waals surface area contributed by atoms with E-state index in [2.05, 4.69) is 9.72 Å². The normalized spacial score (nSPS) is 11.5. The summed E-state index contributed by atoms with van der Waals surface area (Å²) in [5.74, 6) is -0.238. The summed E-state index contributed by atoms with van der Waals surface area (Å²) in [6.45, 7) is 2.01. The Labute approximate surface area is 125 Å². The molecule has 0 fully saturated rings. The number of aryl methyl sites for hydroxylation is 1. The Balaban J connectivity index is 2.13. The summed E-state index contributed by atoms with van der Waals surface area (Å²) in [6.07, 6.45) is -1.61. The topological polar surface area (TPSA) is 22.1 Å². The highest BCUT2D eigenvalue weighted by Gasteiger charge is 2.30. The third kappa shape index (κ3) is 4.63. The SMILES string of the molecule is CCc1cnc(Cl)c(Cc2ccc(OC(F)(F)F)cc2)c1. The summed E-state index contributed by atoms with van der Waals surface area (Å²) < 4.78 is 40.1. The molecule has 0 aliphatic carbocycles. The van der Waals surface area contributed by atoms with E-state index in [0.717, 1.165) is 23.1 Å². The number of alkyl halides is 3. The second kappa shape index (κ2) is 6.35. The zero-order chi connectivity index (χ0) is 15.5. The van der Waals surface area contributed by atoms with E-state index in [4.69, 9.17) is 11.6 Å². The van der Waals surface area contributed by atoms with Crippen molar-refractivity contribution in [1.82, 2.24) is 4.98 Å². The van der Waals surface area contributed by atoms with Crippen LogP contribution in [0, 0.1) is 0 Å². The molecule has 1 aromatic heterocycles. The largest absolute Gasteiger partial charge is 0.573 e. The minimum absolute atomic E-state index is 0.238. The molecule has 0 aliphatic rings. The van der Waals surface area contributed by atoms with Crippen LogP contribution in [0.5, 0.6) is 5.75 Å². The zero-order valence-corrected chi connectivity index (χ0v) is 12.0. The number of hydrogen-bond donors (Lipinski definition) is 0. The molecule has 2 aromatic rings. The van der Waals surface area contributed by atoms with E-state index in [9.17, 15) is 13.2 Å². The van der Waals surface area contributed by atoms with Crippen molar-refractivity contribution in [2.45, 2.75) is 26.1 Å². The van der Waals surface area contributed by atoms with Crippen LogP contribution in [0.4, 0.5) is 13.2 Å². The molecular formula is C15H13ClF3NO. The average molecular weight is 316 g/mol. The molecule has 0 saturated heterocycles. The van der Waals surface area contributed by atoms with Gasteiger partial charge in [0.25, 0.3) is 0 Å². The Morgan fingerprint density at radius 2 is 1.81 bits per heavy atom. The summed E-state index contributed by atoms with van der Waals surface area (Å²) in [4.78, 5) is 4.10. The zero-order valence-electron chi connectivity index (χ0n) is 11.2. The lowest BCUT2D eigenvalue weighted by atomic mass is 10.0. The van der Waals surface area contributed by atoms with Gasteiger partial charge in [-0.3, -0.25) is 0 Å². The lowest BCUT2D eigenvalue weighted by Crippen LogP contribution is -2.17. The predicted molar refractivity (Wildman–Crippen MR) is 74.6 cm³/mol. The van der Waals surface area contributed by atoms with Crippen LogP contribution >= 0.6 is 11.6 Å². The molecule has 0 unspecified atom stereocenters. The fourth-order valence-electron chi connectivity index (χ4n) is 1.89. The molecule has 2 rings (SSSR count). The van der Waals surface area contributed by atoms with Gasteiger partial charge in [0.05, 0.1) is 0 Å². The molecule has 0 amide bonds. The molecule has 112 valence electrons. The summed E-state index contributed by atoms with van der Waals surface area (Å²) in [6, 6.07) is 7.68. The summed E-state index contributed by atoms with van der Waals surface area (Å²) in [7, 11) is 0. The maximum Gasteiger partial charge on any atom is 0.573 e. The van der Waals surface area contributed by atoms with Crippen LogP contribution < -0.4 is 4.74 Å². The minimum atomic E-state index is -4.68. The molecular weight excluding hydrogens is 303 g/mol. The van der Waals surface area contributed by atoms with E-state index < -0.39 is 6.36 Å². The quantitative estimate of drug-likeness (QED) is 0.757. The maximum absolute atomic E-state index is 12.1. The van der Waals surface area contributed by atoms with Crippen LogP contribution in [0.1, 0.15) is 23.6 Å². The summed E-state index contributed by atoms with van der Waals surface area (Å²) >= 11 is 6.04. The number of rotatable bonds is 4. The van der Waals surface area contributed by atoms with Gasteiger partial charge in [-0.2, -0.15) is 0 Å². The Morgan fingerprint density at radius 3 is 2.38 bits per heavy atom. The van der Waals surface area contributed by atoms with Crippen LogP contribution in [-0.2, 0) is 12.8 Å². The van der Waals surface area contributed by atoms with E-state index in [1.807, 2.05) is 13.0 Å². The first-order valence-electron chi connectivity index (χ1n) is 6.35. The predicted octanol–water partition coefficient (Wildman–Crippen LogP) is 4.79. The van der Waals surface area contributed by atoms with Crippen LogP contribution in [0.3, 0.4) is 0 Å². The fraction of sp³-hybridized carbons (Fsp3) is 0.267. The molecule has 0 N–H and O–H groups in total. The second-order valence-electron chi connectivity index (χ2n) is 4.52. The molecule has 1 aromatic carbocycles. The monoisotopic (exact) mass is 315 g/mol. The standard InChI is InChI=1S/C15H13ClF3NO/c1-2-10-7-12(14(16)20-9-10)8-11-3-5-13(6-4-11)21-15(17,18)19/h3-7,9H,2,8H2,1H3. The first-order valence-corrected chi connectivity index (χ1v) is 6.73. The van der Waals surface area contributed by atoms with Gasteiger partial charge in [-0.1, -0.05) is 36.7 Å². The highest BCUT2D eigenvalue weighted by molar-refractivity contribution is 6.30. The van der Waals surface area contributed by atoms with E-state index >= 15 is 0 Å². The van der Waals surface area contributed by atoms with Crippen molar-refractivity contribution >= 4 is 11.6 Å². The van der Waals surface area contributed by atoms with Crippen LogP contribution in [0.25, 0.3) is 0 Å². The van der Waals surface area contributed by atoms with Crippen molar-refractivity contribution in [3.8, 4) is 5.75 Å². The van der Waals surface area contributed by atoms with Gasteiger partial charge in [-0.25, -0.2) is 4.98 Å². The molecule has 0 radical (unpaired) electrons. The van der Waals surface area contributed by atoms with E-state index in [1.165, 1.54) is 12.1 Å². The summed E-state index contributed by atoms with van der Waals surface area (Å²) in [5, 5.41) is 0.405. The summed E-state index contributed by atoms with van der Waals surface area (Å²) in [5.41, 5.74) is 2.74. The van der Waals surface area contributed by atoms with Crippen molar-refractivity contribution in [1.29, 1.82) is 0 Å². The number of ether oxygens (including phenoxy) is 1. The lowest BCUT2D eigenvalue weighted by molar-refractivity contribution is -0.274. The number of hydrogen-bond acceptors (Lipinski definition) is 2. The van der Waals surface area contributed by atoms with Crippen molar-refractivity contribution < 1.29 is 17.9 Å². The maximum atomic E-state index is 12.1. The van der Waals surface area contributed by atoms with E-state index in [-0.39, 0.29) is 5.75 Å². The van der Waals surface area contributed by atoms with E-state index in [0.29, 0.717) is 11.6 Å². The van der Waals surface area contributed by atoms with Gasteiger partial charge in [0.1, 0.15) is 10.9 Å². The molecule has 0 aliphatic heterocycles. The van der Waals surface area contributed by atoms with Crippen LogP contribution in [0.15, 0.2) is 36.5 Å². The third-order valence-corrected chi connectivity index (χ3v) is 3.27. The van der Waals surface area contributed by atoms with Gasteiger partial charge in [-0.05, 0) is 35.2 Å². The van der Waals surface area contributed by atoms with Crippen molar-refractivity contribution in [3.63, 3.8) is 0 Å². The Morgan fingerprint density at radius 1 is 1.14 bits per heavy atom. The van der Waals surface area contributed by atoms with Crippen molar-refractivity contribution in [2.75, 3.05) is 0 Å². The number of pyridine rings is 1. The molecule has 1 heterocycles. The Hall–Kier alpha value is -1.75. The molecule has 0 atom stereocenters. The van der Waals surface area contributed by atoms with Crippen molar-refractivity contribution in [3.05, 3.63) is 58.4 Å². The van der Waals surface area contributed by atoms with Crippen LogP contribution in [0.2, 0.25) is 5.15 Å². The number of benzene rings is 1. The van der Waals surface area contributed by atoms with Gasteiger partial charge in [-0.15, -0.1) is 13.2 Å². The lowest BCUT2D eigenvalue weighted by Gasteiger charge is -2.10. The van der Waals surface area contributed by atoms with Gasteiger partial charge in [0, 0.05) is 12.6 Å². The first kappa shape index (κ1) is 15.6. The molecule has 0 bridgehead atoms. The first-order chi connectivity index (χ1) is 9.87. The minimum Gasteiger partial charge on any atom is -0.406 e. The average Bonchev–Trinajstić information content (AvgIpc) is 2.42. The number of aromatic nitrogens is 1.